The van der Waals surface area contributed by atoms with Gasteiger partial charge in [0.2, 0.25) is 0 Å². The van der Waals surface area contributed by atoms with E-state index in [-0.39, 0.29) is 11.9 Å². The van der Waals surface area contributed by atoms with Gasteiger partial charge in [0.15, 0.2) is 11.5 Å². The van der Waals surface area contributed by atoms with Crippen LogP contribution in [0.4, 0.5) is 0 Å². The molecule has 0 N–H and O–H groups in total. The summed E-state index contributed by atoms with van der Waals surface area (Å²) >= 11 is 1.41. The van der Waals surface area contributed by atoms with Crippen LogP contribution in [-0.4, -0.2) is 55.8 Å². The minimum absolute atomic E-state index is 0.0255. The van der Waals surface area contributed by atoms with Crippen LogP contribution in [0, 0.1) is 6.92 Å². The number of aromatic nitrogens is 1. The highest BCUT2D eigenvalue weighted by Crippen LogP contribution is 2.35. The number of carbonyl (C=O) groups excluding carboxylic acids is 1. The van der Waals surface area contributed by atoms with Crippen molar-refractivity contribution in [2.75, 3.05) is 34.0 Å². The fourth-order valence-electron chi connectivity index (χ4n) is 2.85. The third kappa shape index (κ3) is 3.48. The molecule has 25 heavy (non-hydrogen) atoms. The van der Waals surface area contributed by atoms with Crippen LogP contribution in [0.5, 0.6) is 11.5 Å². The van der Waals surface area contributed by atoms with E-state index in [2.05, 4.69) is 4.98 Å². The minimum Gasteiger partial charge on any atom is -0.493 e. The predicted molar refractivity (Wildman–Crippen MR) is 96.7 cm³/mol. The fraction of sp³-hybridized carbons (Fsp3) is 0.444. The Hall–Kier alpha value is -2.12. The van der Waals surface area contributed by atoms with E-state index in [1.165, 1.54) is 11.3 Å². The Kier molecular flexibility index (Phi) is 5.24. The molecule has 1 aromatic carbocycles. The van der Waals surface area contributed by atoms with Gasteiger partial charge >= 0.3 is 0 Å². The highest BCUT2D eigenvalue weighted by molar-refractivity contribution is 7.17. The van der Waals surface area contributed by atoms with Crippen LogP contribution in [0.15, 0.2) is 18.2 Å². The van der Waals surface area contributed by atoms with Crippen molar-refractivity contribution in [3.05, 3.63) is 28.8 Å². The molecule has 1 unspecified atom stereocenters. The smallest absolute Gasteiger partial charge is 0.266 e. The van der Waals surface area contributed by atoms with Crippen molar-refractivity contribution in [2.24, 2.45) is 0 Å². The average Bonchev–Trinajstić information content (AvgIpc) is 3.02. The maximum atomic E-state index is 12.9. The third-order valence-corrected chi connectivity index (χ3v) is 5.44. The second-order valence-electron chi connectivity index (χ2n) is 5.93. The highest BCUT2D eigenvalue weighted by atomic mass is 32.1. The van der Waals surface area contributed by atoms with Gasteiger partial charge in [-0.15, -0.1) is 11.3 Å². The number of hydrogen-bond donors (Lipinski definition) is 0. The highest BCUT2D eigenvalue weighted by Gasteiger charge is 2.28. The molecule has 2 heterocycles. The number of morpholine rings is 1. The summed E-state index contributed by atoms with van der Waals surface area (Å²) < 4.78 is 16.0. The summed E-state index contributed by atoms with van der Waals surface area (Å²) in [7, 11) is 3.20. The van der Waals surface area contributed by atoms with Gasteiger partial charge in [0.1, 0.15) is 9.88 Å². The van der Waals surface area contributed by atoms with Crippen molar-refractivity contribution in [1.82, 2.24) is 9.88 Å². The Morgan fingerprint density at radius 1 is 1.32 bits per heavy atom. The van der Waals surface area contributed by atoms with Gasteiger partial charge in [0, 0.05) is 12.1 Å². The summed E-state index contributed by atoms with van der Waals surface area (Å²) in [5.74, 6) is 1.33. The van der Waals surface area contributed by atoms with E-state index in [4.69, 9.17) is 14.2 Å². The second-order valence-corrected chi connectivity index (χ2v) is 6.92. The first-order valence-electron chi connectivity index (χ1n) is 8.13. The van der Waals surface area contributed by atoms with E-state index in [1.54, 1.807) is 14.2 Å². The van der Waals surface area contributed by atoms with Crippen LogP contribution in [0.1, 0.15) is 22.3 Å². The molecular formula is C18H22N2O4S. The molecule has 1 saturated heterocycles. The van der Waals surface area contributed by atoms with Gasteiger partial charge < -0.3 is 19.1 Å². The van der Waals surface area contributed by atoms with Crippen molar-refractivity contribution in [3.8, 4) is 22.1 Å². The first-order chi connectivity index (χ1) is 12.0. The van der Waals surface area contributed by atoms with Crippen LogP contribution in [0.2, 0.25) is 0 Å². The molecule has 1 aromatic heterocycles. The van der Waals surface area contributed by atoms with Crippen LogP contribution in [0.3, 0.4) is 0 Å². The number of benzene rings is 1. The lowest BCUT2D eigenvalue weighted by Gasteiger charge is -2.33. The summed E-state index contributed by atoms with van der Waals surface area (Å²) in [4.78, 5) is 20.0. The van der Waals surface area contributed by atoms with Crippen molar-refractivity contribution < 1.29 is 19.0 Å². The Labute approximate surface area is 151 Å². The molecule has 134 valence electrons. The predicted octanol–water partition coefficient (Wildman–Crippen LogP) is 3.00. The molecule has 0 aliphatic carbocycles. The monoisotopic (exact) mass is 362 g/mol. The van der Waals surface area contributed by atoms with Gasteiger partial charge in [0.05, 0.1) is 39.2 Å². The molecule has 1 aliphatic heterocycles. The zero-order chi connectivity index (χ0) is 18.0. The molecule has 0 bridgehead atoms. The molecule has 2 aromatic rings. The van der Waals surface area contributed by atoms with Gasteiger partial charge in [0.25, 0.3) is 5.91 Å². The Morgan fingerprint density at radius 2 is 2.08 bits per heavy atom. The van der Waals surface area contributed by atoms with Crippen LogP contribution < -0.4 is 9.47 Å². The zero-order valence-electron chi connectivity index (χ0n) is 14.9. The SMILES string of the molecule is COc1ccc(-c2nc(C)c(C(=O)N3CCOCC3C)s2)cc1OC. The molecule has 1 fully saturated rings. The normalized spacial score (nSPS) is 17.4. The topological polar surface area (TPSA) is 60.9 Å². The number of carbonyl (C=O) groups is 1. The van der Waals surface area contributed by atoms with Crippen LogP contribution in [0.25, 0.3) is 10.6 Å². The quantitative estimate of drug-likeness (QED) is 0.837. The van der Waals surface area contributed by atoms with Gasteiger partial charge in [-0.2, -0.15) is 0 Å². The zero-order valence-corrected chi connectivity index (χ0v) is 15.7. The van der Waals surface area contributed by atoms with Crippen molar-refractivity contribution in [2.45, 2.75) is 19.9 Å². The van der Waals surface area contributed by atoms with Gasteiger partial charge in [-0.25, -0.2) is 4.98 Å². The third-order valence-electron chi connectivity index (χ3n) is 4.25. The minimum atomic E-state index is 0.0255. The van der Waals surface area contributed by atoms with Crippen molar-refractivity contribution in [1.29, 1.82) is 0 Å². The Balaban J connectivity index is 1.91. The molecule has 7 heteroatoms. The van der Waals surface area contributed by atoms with E-state index < -0.39 is 0 Å². The summed E-state index contributed by atoms with van der Waals surface area (Å²) in [5.41, 5.74) is 1.65. The Morgan fingerprint density at radius 3 is 2.76 bits per heavy atom. The van der Waals surface area contributed by atoms with Crippen LogP contribution >= 0.6 is 11.3 Å². The maximum absolute atomic E-state index is 12.9. The molecule has 1 aliphatic rings. The average molecular weight is 362 g/mol. The summed E-state index contributed by atoms with van der Waals surface area (Å²) in [6.07, 6.45) is 0. The second kappa shape index (κ2) is 7.41. The van der Waals surface area contributed by atoms with Gasteiger partial charge in [-0.3, -0.25) is 4.79 Å². The number of rotatable bonds is 4. The first-order valence-corrected chi connectivity index (χ1v) is 8.95. The van der Waals surface area contributed by atoms with Gasteiger partial charge in [-0.05, 0) is 32.0 Å². The van der Waals surface area contributed by atoms with Gasteiger partial charge in [-0.1, -0.05) is 0 Å². The van der Waals surface area contributed by atoms with E-state index in [9.17, 15) is 4.79 Å². The summed E-state index contributed by atoms with van der Waals surface area (Å²) in [6, 6.07) is 5.72. The summed E-state index contributed by atoms with van der Waals surface area (Å²) in [6.45, 7) is 5.65. The van der Waals surface area contributed by atoms with Crippen molar-refractivity contribution >= 4 is 17.2 Å². The lowest BCUT2D eigenvalue weighted by atomic mass is 10.2. The molecule has 1 amide bonds. The number of aryl methyl sites for hydroxylation is 1. The molecular weight excluding hydrogens is 340 g/mol. The number of amides is 1. The lowest BCUT2D eigenvalue weighted by molar-refractivity contribution is 0.00381. The summed E-state index contributed by atoms with van der Waals surface area (Å²) in [5, 5.41) is 0.794. The number of methoxy groups -OCH3 is 2. The molecule has 6 nitrogen and oxygen atoms in total. The van der Waals surface area contributed by atoms with Crippen LogP contribution in [-0.2, 0) is 4.74 Å². The first kappa shape index (κ1) is 17.7. The standard InChI is InChI=1S/C18H22N2O4S/c1-11-10-24-8-7-20(11)18(21)16-12(2)19-17(25-16)13-5-6-14(22-3)15(9-13)23-4/h5-6,9,11H,7-8,10H2,1-4H3. The van der Waals surface area contributed by atoms with Crippen molar-refractivity contribution in [3.63, 3.8) is 0 Å². The van der Waals surface area contributed by atoms with E-state index >= 15 is 0 Å². The molecule has 1 atom stereocenters. The Bertz CT molecular complexity index is 774. The molecule has 3 rings (SSSR count). The van der Waals surface area contributed by atoms with E-state index in [0.29, 0.717) is 36.1 Å². The number of nitrogens with zero attached hydrogens (tertiary/aromatic N) is 2. The number of hydrogen-bond acceptors (Lipinski definition) is 6. The largest absolute Gasteiger partial charge is 0.493 e. The number of ether oxygens (including phenoxy) is 3. The molecule has 0 spiro atoms. The van der Waals surface area contributed by atoms with E-state index in [1.807, 2.05) is 36.9 Å². The molecule has 0 radical (unpaired) electrons. The lowest BCUT2D eigenvalue weighted by Crippen LogP contribution is -2.47. The fourth-order valence-corrected chi connectivity index (χ4v) is 3.87. The molecule has 0 saturated carbocycles. The number of thiazole rings is 1. The van der Waals surface area contributed by atoms with E-state index in [0.717, 1.165) is 16.3 Å². The maximum Gasteiger partial charge on any atom is 0.266 e.